The number of hydrogen-bond acceptors (Lipinski definition) is 6. The largest absolute Gasteiger partial charge is 0.412 e. The molecule has 0 radical (unpaired) electrons. The van der Waals surface area contributed by atoms with E-state index >= 15 is 0 Å². The maximum absolute atomic E-state index is 7.71. The number of nitriles is 6. The van der Waals surface area contributed by atoms with Gasteiger partial charge in [0.15, 0.2) is 0 Å². The second-order valence-corrected chi connectivity index (χ2v) is 40.5. The quantitative estimate of drug-likeness (QED) is 0.220. The molecule has 19 heteroatoms. The maximum atomic E-state index is 7.71. The van der Waals surface area contributed by atoms with Crippen molar-refractivity contribution in [1.29, 1.82) is 31.6 Å². The first-order valence-corrected chi connectivity index (χ1v) is 83.0. The Bertz CT molecular complexity index is 341. The van der Waals surface area contributed by atoms with Crippen LogP contribution >= 0.6 is 0 Å². The predicted molar refractivity (Wildman–Crippen MR) is 106 cm³/mol. The minimum atomic E-state index is 0. The fraction of sp³-hybridized carbons (Fsp3) is 0. The third-order valence-corrected chi connectivity index (χ3v) is 16.8. The molecule has 0 bridgehead atoms. The molecule has 0 atom stereocenters. The van der Waals surface area contributed by atoms with Crippen molar-refractivity contribution in [1.82, 2.24) is 0 Å². The topological polar surface area (TPSA) is 174 Å². The summed E-state index contributed by atoms with van der Waals surface area (Å²) in [7, 11) is 0. The molecule has 0 rings (SSSR count). The molecule has 0 aliphatic rings. The summed E-state index contributed by atoms with van der Waals surface area (Å²) in [5.74, 6) is 0. The van der Waals surface area contributed by atoms with E-state index in [4.69, 9.17) is 31.6 Å². The fourth-order valence-electron chi connectivity index (χ4n) is 0. The van der Waals surface area contributed by atoms with Gasteiger partial charge in [-0.1, -0.05) is 0 Å². The molecule has 0 fully saturated rings. The summed E-state index contributed by atoms with van der Waals surface area (Å²) >= 11 is 4.12. The van der Waals surface area contributed by atoms with Gasteiger partial charge in [0.05, 0.1) is 0 Å². The van der Waals surface area contributed by atoms with Gasteiger partial charge < -0.3 is 5.48 Å². The minimum Gasteiger partial charge on any atom is -0.412 e. The van der Waals surface area contributed by atoms with Gasteiger partial charge in [0.25, 0.3) is 0 Å². The van der Waals surface area contributed by atoms with E-state index in [1.165, 1.54) is 0 Å². The SMILES string of the molecule is N#C[Se][Rb].N#C[Se][Rb].N#C[Se][Rb].N#C[Se][Rb].N#C[Se][Rb].N#C[Se][Rb].O. The first-order chi connectivity index (χ1) is 11.5. The summed E-state index contributed by atoms with van der Waals surface area (Å²) in [6.07, 6.45) is 0. The van der Waals surface area contributed by atoms with Crippen molar-refractivity contribution in [3.63, 3.8) is 0 Å². The third-order valence-electron chi connectivity index (χ3n) is 0.548. The van der Waals surface area contributed by atoms with Crippen molar-refractivity contribution in [2.75, 3.05) is 0 Å². The van der Waals surface area contributed by atoms with E-state index in [-0.39, 0.29) is 5.48 Å². The molecular weight excluding hydrogens is 1160 g/mol. The summed E-state index contributed by atoms with van der Waals surface area (Å²) in [4.78, 5) is 12.5. The summed E-state index contributed by atoms with van der Waals surface area (Å²) in [6, 6.07) is 0. The van der Waals surface area contributed by atoms with Gasteiger partial charge in [0, 0.05) is 0 Å². The maximum Gasteiger partial charge on any atom is -0.412 e. The van der Waals surface area contributed by atoms with E-state index in [1.54, 1.807) is 0 Å². The molecule has 104 valence electrons. The van der Waals surface area contributed by atoms with Gasteiger partial charge in [-0.05, 0) is 0 Å². The van der Waals surface area contributed by atoms with Crippen LogP contribution in [0.15, 0.2) is 0 Å². The van der Waals surface area contributed by atoms with Crippen LogP contribution in [0.4, 0.5) is 0 Å². The van der Waals surface area contributed by atoms with Crippen LogP contribution in [0.5, 0.6) is 0 Å². The Morgan fingerprint density at radius 2 is 0.400 bits per heavy atom. The molecule has 0 heterocycles. The fourth-order valence-corrected chi connectivity index (χ4v) is 0. The molecule has 0 unspecified atom stereocenters. The van der Waals surface area contributed by atoms with Crippen LogP contribution in [-0.2, 0) is 0 Å². The Morgan fingerprint density at radius 1 is 0.360 bits per heavy atom. The molecule has 0 aliphatic carbocycles. The zero-order valence-corrected chi connectivity index (χ0v) is 54.4. The molecule has 0 saturated carbocycles. The van der Waals surface area contributed by atoms with Gasteiger partial charge >= 0.3 is 396 Å². The average molecular weight is 1160 g/mol. The Labute approximate surface area is 382 Å². The van der Waals surface area contributed by atoms with Gasteiger partial charge in [-0.15, -0.1) is 0 Å². The van der Waals surface area contributed by atoms with Crippen LogP contribution in [0.2, 0.25) is 0 Å². The van der Waals surface area contributed by atoms with Crippen LogP contribution in [0.1, 0.15) is 0 Å². The Morgan fingerprint density at radius 3 is 0.400 bits per heavy atom. The van der Waals surface area contributed by atoms with Crippen molar-refractivity contribution in [3.05, 3.63) is 0 Å². The normalized spacial score (nSPS) is 5.04. The van der Waals surface area contributed by atoms with Crippen molar-refractivity contribution in [3.8, 4) is 29.8 Å². The Balaban J connectivity index is -0.0000000309. The van der Waals surface area contributed by atoms with E-state index in [0.717, 1.165) is 0 Å². The molecule has 0 aromatic heterocycles. The summed E-state index contributed by atoms with van der Waals surface area (Å²) < 4.78 is 2.59. The second-order valence-electron chi connectivity index (χ2n) is 1.77. The first kappa shape index (κ1) is 52.3. The zero-order valence-electron chi connectivity index (χ0n) is 14.6. The van der Waals surface area contributed by atoms with Gasteiger partial charge in [-0.2, -0.15) is 0 Å². The molecule has 0 amide bonds. The molecule has 0 spiro atoms. The summed E-state index contributed by atoms with van der Waals surface area (Å²) in [5, 5.41) is 46.2. The summed E-state index contributed by atoms with van der Waals surface area (Å²) in [5.41, 5.74) is 0. The standard InChI is InChI=1S/6CHNSe.H2O.6Rb/c6*2-1-3;;;;;;;/h6*3H;1H2;;;;;;/q;;;;;;;6*+1/p-6. The van der Waals surface area contributed by atoms with Crippen LogP contribution in [0.25, 0.3) is 0 Å². The van der Waals surface area contributed by atoms with Crippen molar-refractivity contribution < 1.29 is 5.48 Å². The average Bonchev–Trinajstić information content (AvgIpc) is 2.68. The van der Waals surface area contributed by atoms with Crippen molar-refractivity contribution >= 4 is 334 Å². The van der Waals surface area contributed by atoms with E-state index in [9.17, 15) is 0 Å². The van der Waals surface area contributed by atoms with Crippen molar-refractivity contribution in [2.24, 2.45) is 0 Å². The van der Waals surface area contributed by atoms with E-state index in [0.29, 0.717) is 334 Å². The molecule has 0 aromatic rings. The monoisotopic (exact) mass is 1160 g/mol. The molecule has 0 aliphatic heterocycles. The molecule has 25 heavy (non-hydrogen) atoms. The van der Waals surface area contributed by atoms with Crippen LogP contribution in [0, 0.1) is 61.4 Å². The molecule has 0 aromatic carbocycles. The molecular formula is C6H2N6ORb6Se6. The van der Waals surface area contributed by atoms with E-state index in [1.807, 2.05) is 0 Å². The molecule has 2 N–H and O–H groups in total. The van der Waals surface area contributed by atoms with Gasteiger partial charge in [-0.3, -0.25) is 0 Å². The van der Waals surface area contributed by atoms with E-state index in [2.05, 4.69) is 29.8 Å². The van der Waals surface area contributed by atoms with Crippen LogP contribution in [-0.4, -0.2) is 340 Å². The van der Waals surface area contributed by atoms with E-state index < -0.39 is 0 Å². The Hall–Kier alpha value is 10.8. The third kappa shape index (κ3) is 132. The predicted octanol–water partition coefficient (Wildman–Crippen LogP) is -5.29. The first-order valence-electron chi connectivity index (χ1n) is 5.02. The minimum absolute atomic E-state index is 0. The van der Waals surface area contributed by atoms with Crippen LogP contribution < -0.4 is 0 Å². The van der Waals surface area contributed by atoms with Gasteiger partial charge in [0.2, 0.25) is 0 Å². The number of nitrogens with zero attached hydrogens (tertiary/aromatic N) is 6. The number of rotatable bonds is 0. The van der Waals surface area contributed by atoms with Gasteiger partial charge in [-0.25, -0.2) is 0 Å². The Kier molecular flexibility index (Phi) is 160. The summed E-state index contributed by atoms with van der Waals surface area (Å²) in [6.45, 7) is 0. The van der Waals surface area contributed by atoms with Crippen molar-refractivity contribution in [2.45, 2.75) is 0 Å². The molecule has 7 nitrogen and oxygen atoms in total. The van der Waals surface area contributed by atoms with Gasteiger partial charge in [0.1, 0.15) is 0 Å². The smallest absolute Gasteiger partial charge is 0.412 e. The second kappa shape index (κ2) is 76.5. The molecule has 0 saturated heterocycles. The zero-order chi connectivity index (χ0) is 20.5. The van der Waals surface area contributed by atoms with Crippen LogP contribution in [0.3, 0.4) is 0 Å². The number of hydrogen-bond donors (Lipinski definition) is 0.